The summed E-state index contributed by atoms with van der Waals surface area (Å²) in [6.07, 6.45) is 0.794. The number of anilines is 1. The van der Waals surface area contributed by atoms with E-state index in [1.54, 1.807) is 0 Å². The van der Waals surface area contributed by atoms with Gasteiger partial charge in [-0.05, 0) is 23.8 Å². The maximum Gasteiger partial charge on any atom is 0.512 e. The Bertz CT molecular complexity index is 1040. The second kappa shape index (κ2) is 8.04. The van der Waals surface area contributed by atoms with E-state index in [4.69, 9.17) is 10.8 Å². The van der Waals surface area contributed by atoms with Crippen LogP contribution in [0.4, 0.5) is 10.5 Å². The van der Waals surface area contributed by atoms with E-state index in [1.807, 2.05) is 0 Å². The minimum atomic E-state index is -3.67. The number of rotatable bonds is 6. The number of hydrogen-bond acceptors (Lipinski definition) is 9. The fourth-order valence-corrected chi connectivity index (χ4v) is 4.65. The summed E-state index contributed by atoms with van der Waals surface area (Å²) in [6.45, 7) is 0. The van der Waals surface area contributed by atoms with Gasteiger partial charge in [0, 0.05) is 5.75 Å². The van der Waals surface area contributed by atoms with E-state index in [-0.39, 0.29) is 22.9 Å². The zero-order chi connectivity index (χ0) is 22.2. The third-order valence-electron chi connectivity index (χ3n) is 4.25. The first-order valence-corrected chi connectivity index (χ1v) is 11.3. The summed E-state index contributed by atoms with van der Waals surface area (Å²) in [5.41, 5.74) is 5.99. The van der Waals surface area contributed by atoms with Crippen molar-refractivity contribution in [3.8, 4) is 5.75 Å². The Morgan fingerprint density at radius 3 is 2.73 bits per heavy atom. The summed E-state index contributed by atoms with van der Waals surface area (Å²) < 4.78 is 29.5. The number of ether oxygens (including phenoxy) is 1. The normalized spacial score (nSPS) is 21.6. The predicted molar refractivity (Wildman–Crippen MR) is 106 cm³/mol. The van der Waals surface area contributed by atoms with E-state index in [2.05, 4.69) is 14.8 Å². The summed E-state index contributed by atoms with van der Waals surface area (Å²) in [4.78, 5) is 36.8. The molecule has 0 saturated carbocycles. The number of phenolic OH excluding ortho intramolecular Hbond substituents is 1. The van der Waals surface area contributed by atoms with Crippen LogP contribution in [0.15, 0.2) is 30.2 Å². The summed E-state index contributed by atoms with van der Waals surface area (Å²) in [7, 11) is -3.67. The second-order valence-electron chi connectivity index (χ2n) is 6.46. The molecule has 1 saturated heterocycles. The Hall–Kier alpha value is -2.97. The monoisotopic (exact) mass is 458 g/mol. The average Bonchev–Trinajstić information content (AvgIpc) is 2.65. The number of thioether (sulfide) groups is 1. The highest BCUT2D eigenvalue weighted by Gasteiger charge is 2.52. The second-order valence-corrected chi connectivity index (χ2v) is 9.36. The molecular weight excluding hydrogens is 440 g/mol. The first kappa shape index (κ1) is 21.7. The molecule has 3 atom stereocenters. The van der Waals surface area contributed by atoms with Crippen LogP contribution in [0.3, 0.4) is 0 Å². The Morgan fingerprint density at radius 2 is 2.10 bits per heavy atom. The molecule has 3 rings (SSSR count). The van der Waals surface area contributed by atoms with Gasteiger partial charge >= 0.3 is 6.16 Å². The summed E-state index contributed by atoms with van der Waals surface area (Å²) in [5.74, 6) is -1.34. The number of nitrogens with two attached hydrogens (primary N) is 1. The molecule has 0 spiro atoms. The van der Waals surface area contributed by atoms with Gasteiger partial charge in [-0.25, -0.2) is 13.2 Å². The number of carboxylic acid groups (broad SMARTS) is 1. The lowest BCUT2D eigenvalue weighted by Gasteiger charge is -2.48. The molecule has 6 N–H and O–H groups in total. The van der Waals surface area contributed by atoms with E-state index < -0.39 is 45.5 Å². The van der Waals surface area contributed by atoms with Crippen molar-refractivity contribution in [1.29, 1.82) is 0 Å². The van der Waals surface area contributed by atoms with Gasteiger partial charge in [-0.1, -0.05) is 6.07 Å². The molecule has 0 radical (unpaired) electrons. The summed E-state index contributed by atoms with van der Waals surface area (Å²) in [6, 6.07) is 1.56. The van der Waals surface area contributed by atoms with Gasteiger partial charge < -0.3 is 26.0 Å². The molecular formula is C16H18N4O8S2. The van der Waals surface area contributed by atoms with Crippen molar-refractivity contribution < 1.29 is 37.8 Å². The first-order valence-electron chi connectivity index (χ1n) is 8.40. The molecule has 0 bridgehead atoms. The molecule has 1 aromatic carbocycles. The molecule has 162 valence electrons. The van der Waals surface area contributed by atoms with Crippen molar-refractivity contribution in [1.82, 2.24) is 10.2 Å². The lowest BCUT2D eigenvalue weighted by Crippen LogP contribution is -2.70. The minimum Gasteiger partial charge on any atom is -0.506 e. The standard InChI is InChI=1S/C16H18N4O8S2/c1-30(26,27)19-8-6-7(2-3-9(8)21)11(17)13(22)18-12-14(23)20-10(28-16(24)25)4-5-29-15(12)20/h2-4,6,11-12,15,19,21H,5,17H2,1H3,(H,18,22)(H,24,25)/t11?,12-,15+/m1/s1. The van der Waals surface area contributed by atoms with Crippen LogP contribution >= 0.6 is 11.8 Å². The smallest absolute Gasteiger partial charge is 0.506 e. The van der Waals surface area contributed by atoms with Crippen LogP contribution in [-0.2, 0) is 24.3 Å². The molecule has 2 aliphatic heterocycles. The Kier molecular flexibility index (Phi) is 5.83. The fourth-order valence-electron chi connectivity index (χ4n) is 2.92. The number of nitrogens with zero attached hydrogens (tertiary/aromatic N) is 1. The van der Waals surface area contributed by atoms with E-state index in [1.165, 1.54) is 36.0 Å². The quantitative estimate of drug-likeness (QED) is 0.215. The van der Waals surface area contributed by atoms with Crippen LogP contribution in [0.1, 0.15) is 11.6 Å². The Balaban J connectivity index is 1.70. The highest BCUT2D eigenvalue weighted by molar-refractivity contribution is 8.00. The van der Waals surface area contributed by atoms with Crippen molar-refractivity contribution >= 4 is 45.4 Å². The molecule has 1 unspecified atom stereocenters. The van der Waals surface area contributed by atoms with Crippen molar-refractivity contribution in [2.24, 2.45) is 5.73 Å². The molecule has 12 nitrogen and oxygen atoms in total. The number of amides is 2. The van der Waals surface area contributed by atoms with Gasteiger partial charge in [-0.2, -0.15) is 0 Å². The largest absolute Gasteiger partial charge is 0.512 e. The van der Waals surface area contributed by atoms with Crippen LogP contribution in [0.25, 0.3) is 0 Å². The van der Waals surface area contributed by atoms with E-state index in [0.717, 1.165) is 11.2 Å². The molecule has 2 aliphatic rings. The van der Waals surface area contributed by atoms with Gasteiger partial charge in [0.2, 0.25) is 21.8 Å². The molecule has 0 aliphatic carbocycles. The van der Waals surface area contributed by atoms with Crippen LogP contribution in [0, 0.1) is 0 Å². The molecule has 2 amide bonds. The lowest BCUT2D eigenvalue weighted by atomic mass is 10.0. The molecule has 2 heterocycles. The van der Waals surface area contributed by atoms with Gasteiger partial charge in [0.1, 0.15) is 23.2 Å². The number of carbonyl (C=O) groups excluding carboxylic acids is 2. The number of hydrogen-bond donors (Lipinski definition) is 5. The lowest BCUT2D eigenvalue weighted by molar-refractivity contribution is -0.149. The van der Waals surface area contributed by atoms with Crippen LogP contribution in [0.2, 0.25) is 0 Å². The first-order chi connectivity index (χ1) is 14.0. The van der Waals surface area contributed by atoms with E-state index in [9.17, 15) is 27.9 Å². The molecule has 30 heavy (non-hydrogen) atoms. The number of β-lactam (4-membered cyclic amide) rings is 1. The molecule has 14 heteroatoms. The average molecular weight is 458 g/mol. The van der Waals surface area contributed by atoms with Crippen LogP contribution < -0.4 is 15.8 Å². The predicted octanol–water partition coefficient (Wildman–Crippen LogP) is -0.301. The minimum absolute atomic E-state index is 0.110. The van der Waals surface area contributed by atoms with Gasteiger partial charge in [0.05, 0.1) is 11.9 Å². The number of nitrogens with one attached hydrogen (secondary N) is 2. The maximum absolute atomic E-state index is 12.6. The van der Waals surface area contributed by atoms with E-state index in [0.29, 0.717) is 5.75 Å². The van der Waals surface area contributed by atoms with Crippen molar-refractivity contribution in [3.05, 3.63) is 35.7 Å². The number of carbonyl (C=O) groups is 3. The van der Waals surface area contributed by atoms with Crippen molar-refractivity contribution in [3.63, 3.8) is 0 Å². The molecule has 0 aromatic heterocycles. The topological polar surface area (TPSA) is 188 Å². The summed E-state index contributed by atoms with van der Waals surface area (Å²) >= 11 is 1.31. The third kappa shape index (κ3) is 4.44. The fraction of sp³-hybridized carbons (Fsp3) is 0.312. The Morgan fingerprint density at radius 1 is 1.40 bits per heavy atom. The number of fused-ring (bicyclic) bond motifs is 1. The number of aromatic hydroxyl groups is 1. The third-order valence-corrected chi connectivity index (χ3v) is 6.03. The summed E-state index contributed by atoms with van der Waals surface area (Å²) in [5, 5.41) is 20.5. The Labute approximate surface area is 175 Å². The highest BCUT2D eigenvalue weighted by Crippen LogP contribution is 2.38. The van der Waals surface area contributed by atoms with Gasteiger partial charge in [-0.15, -0.1) is 11.8 Å². The van der Waals surface area contributed by atoms with Crippen molar-refractivity contribution in [2.75, 3.05) is 16.7 Å². The number of sulfonamides is 1. The number of benzene rings is 1. The zero-order valence-corrected chi connectivity index (χ0v) is 17.1. The SMILES string of the molecule is CS(=O)(=O)Nc1cc(C(N)C(=O)N[C@@H]2C(=O)N3C(OC(=O)O)=CCS[C@@H]23)ccc1O. The maximum atomic E-state index is 12.6. The molecule has 1 fully saturated rings. The van der Waals surface area contributed by atoms with Crippen LogP contribution in [0.5, 0.6) is 5.75 Å². The molecule has 1 aromatic rings. The number of phenols is 1. The van der Waals surface area contributed by atoms with Crippen LogP contribution in [-0.4, -0.2) is 64.9 Å². The van der Waals surface area contributed by atoms with Crippen molar-refractivity contribution in [2.45, 2.75) is 17.5 Å². The van der Waals surface area contributed by atoms with Gasteiger partial charge in [0.25, 0.3) is 5.91 Å². The van der Waals surface area contributed by atoms with E-state index >= 15 is 0 Å². The van der Waals surface area contributed by atoms with Gasteiger partial charge in [0.15, 0.2) is 0 Å². The van der Waals surface area contributed by atoms with Gasteiger partial charge in [-0.3, -0.25) is 19.2 Å². The zero-order valence-electron chi connectivity index (χ0n) is 15.4. The highest BCUT2D eigenvalue weighted by atomic mass is 32.2.